The quantitative estimate of drug-likeness (QED) is 0.702. The van der Waals surface area contributed by atoms with Crippen LogP contribution in [0.15, 0.2) is 24.3 Å². The Bertz CT molecular complexity index is 455. The molecule has 0 spiro atoms. The number of nitrogens with one attached hydrogen (secondary N) is 2. The monoisotopic (exact) mass is 248 g/mol. The molecule has 0 atom stereocenters. The molecule has 96 valence electrons. The van der Waals surface area contributed by atoms with Crippen LogP contribution < -0.4 is 10.6 Å². The van der Waals surface area contributed by atoms with Gasteiger partial charge in [-0.2, -0.15) is 0 Å². The van der Waals surface area contributed by atoms with Gasteiger partial charge in [-0.05, 0) is 30.5 Å². The molecule has 1 aliphatic rings. The predicted molar refractivity (Wildman–Crippen MR) is 66.0 cm³/mol. The van der Waals surface area contributed by atoms with Gasteiger partial charge >= 0.3 is 0 Å². The number of hydrogen-bond donors (Lipinski definition) is 3. The molecule has 0 heterocycles. The Morgan fingerprint density at radius 3 is 2.72 bits per heavy atom. The van der Waals surface area contributed by atoms with Gasteiger partial charge in [-0.25, -0.2) is 0 Å². The highest BCUT2D eigenvalue weighted by Gasteiger charge is 2.23. The first-order valence-corrected chi connectivity index (χ1v) is 5.97. The Hall–Kier alpha value is -2.04. The normalized spacial score (nSPS) is 14.0. The van der Waals surface area contributed by atoms with Crippen LogP contribution in [0.1, 0.15) is 18.4 Å². The van der Waals surface area contributed by atoms with Gasteiger partial charge in [0.2, 0.25) is 11.8 Å². The zero-order valence-corrected chi connectivity index (χ0v) is 9.98. The fraction of sp³-hybridized carbons (Fsp3) is 0.385. The predicted octanol–water partition coefficient (Wildman–Crippen LogP) is 0.329. The third-order valence-corrected chi connectivity index (χ3v) is 2.66. The molecule has 18 heavy (non-hydrogen) atoms. The minimum atomic E-state index is -0.230. The van der Waals surface area contributed by atoms with E-state index in [0.29, 0.717) is 6.04 Å². The van der Waals surface area contributed by atoms with Crippen LogP contribution in [0.25, 0.3) is 0 Å². The van der Waals surface area contributed by atoms with E-state index in [2.05, 4.69) is 10.6 Å². The lowest BCUT2D eigenvalue weighted by atomic mass is 10.1. The van der Waals surface area contributed by atoms with E-state index in [4.69, 9.17) is 0 Å². The summed E-state index contributed by atoms with van der Waals surface area (Å²) in [6.45, 7) is 0.00808. The number of carbonyl (C=O) groups is 2. The standard InChI is InChI=1S/C13H16N2O3/c16-11-3-1-2-9(6-11)7-12(17)14-8-13(18)15-10-4-5-10/h1-3,6,10,16H,4-5,7-8H2,(H,14,17)(H,15,18). The first-order valence-electron chi connectivity index (χ1n) is 5.97. The molecule has 0 saturated heterocycles. The fourth-order valence-corrected chi connectivity index (χ4v) is 1.60. The van der Waals surface area contributed by atoms with Crippen molar-refractivity contribution in [2.24, 2.45) is 0 Å². The molecule has 3 N–H and O–H groups in total. The molecule has 5 heteroatoms. The number of aromatic hydroxyl groups is 1. The van der Waals surface area contributed by atoms with Gasteiger partial charge in [-0.15, -0.1) is 0 Å². The second kappa shape index (κ2) is 5.53. The second-order valence-corrected chi connectivity index (χ2v) is 4.47. The van der Waals surface area contributed by atoms with E-state index in [1.807, 2.05) is 0 Å². The van der Waals surface area contributed by atoms with Gasteiger partial charge in [-0.3, -0.25) is 9.59 Å². The molecular formula is C13H16N2O3. The molecule has 0 aromatic heterocycles. The summed E-state index contributed by atoms with van der Waals surface area (Å²) < 4.78 is 0. The van der Waals surface area contributed by atoms with E-state index in [0.717, 1.165) is 18.4 Å². The average molecular weight is 248 g/mol. The third-order valence-electron chi connectivity index (χ3n) is 2.66. The lowest BCUT2D eigenvalue weighted by Crippen LogP contribution is -2.38. The molecule has 1 aliphatic carbocycles. The van der Waals surface area contributed by atoms with Gasteiger partial charge < -0.3 is 15.7 Å². The largest absolute Gasteiger partial charge is 0.508 e. The molecule has 1 fully saturated rings. The van der Waals surface area contributed by atoms with Crippen molar-refractivity contribution >= 4 is 11.8 Å². The number of phenols is 1. The summed E-state index contributed by atoms with van der Waals surface area (Å²) in [7, 11) is 0. The van der Waals surface area contributed by atoms with E-state index < -0.39 is 0 Å². The Morgan fingerprint density at radius 2 is 2.06 bits per heavy atom. The van der Waals surface area contributed by atoms with Crippen LogP contribution in [-0.4, -0.2) is 29.5 Å². The van der Waals surface area contributed by atoms with Crippen molar-refractivity contribution in [3.63, 3.8) is 0 Å². The molecule has 0 aliphatic heterocycles. The topological polar surface area (TPSA) is 78.4 Å². The molecule has 1 aromatic carbocycles. The van der Waals surface area contributed by atoms with Gasteiger partial charge in [0.25, 0.3) is 0 Å². The third kappa shape index (κ3) is 4.08. The molecule has 2 amide bonds. The molecule has 1 aromatic rings. The number of phenolic OH excluding ortho intramolecular Hbond substituents is 1. The average Bonchev–Trinajstić information content (AvgIpc) is 3.10. The Labute approximate surface area is 105 Å². The first-order chi connectivity index (χ1) is 8.63. The molecule has 0 bridgehead atoms. The second-order valence-electron chi connectivity index (χ2n) is 4.47. The van der Waals surface area contributed by atoms with Crippen LogP contribution in [0.5, 0.6) is 5.75 Å². The molecule has 0 radical (unpaired) electrons. The lowest BCUT2D eigenvalue weighted by Gasteiger charge is -2.06. The van der Waals surface area contributed by atoms with Crippen molar-refractivity contribution in [2.45, 2.75) is 25.3 Å². The summed E-state index contributed by atoms with van der Waals surface area (Å²) in [5.74, 6) is -0.250. The minimum Gasteiger partial charge on any atom is -0.508 e. The van der Waals surface area contributed by atoms with E-state index >= 15 is 0 Å². The summed E-state index contributed by atoms with van der Waals surface area (Å²) in [5, 5.41) is 14.6. The maximum Gasteiger partial charge on any atom is 0.239 e. The van der Waals surface area contributed by atoms with Crippen LogP contribution in [0.3, 0.4) is 0 Å². The molecule has 2 rings (SSSR count). The highest BCUT2D eigenvalue weighted by Crippen LogP contribution is 2.18. The Kier molecular flexibility index (Phi) is 3.82. The van der Waals surface area contributed by atoms with Gasteiger partial charge in [0.05, 0.1) is 13.0 Å². The number of rotatable bonds is 5. The van der Waals surface area contributed by atoms with Crippen molar-refractivity contribution in [3.8, 4) is 5.75 Å². The SMILES string of the molecule is O=C(Cc1cccc(O)c1)NCC(=O)NC1CC1. The molecule has 1 saturated carbocycles. The number of hydrogen-bond acceptors (Lipinski definition) is 3. The summed E-state index contributed by atoms with van der Waals surface area (Å²) in [5.41, 5.74) is 0.718. The van der Waals surface area contributed by atoms with Crippen molar-refractivity contribution in [3.05, 3.63) is 29.8 Å². The van der Waals surface area contributed by atoms with Crippen LogP contribution in [0.4, 0.5) is 0 Å². The van der Waals surface area contributed by atoms with Gasteiger partial charge in [0, 0.05) is 6.04 Å². The van der Waals surface area contributed by atoms with Crippen molar-refractivity contribution in [1.82, 2.24) is 10.6 Å². The number of benzene rings is 1. The molecular weight excluding hydrogens is 232 g/mol. The van der Waals surface area contributed by atoms with E-state index in [-0.39, 0.29) is 30.5 Å². The smallest absolute Gasteiger partial charge is 0.239 e. The highest BCUT2D eigenvalue weighted by molar-refractivity contribution is 5.85. The van der Waals surface area contributed by atoms with Crippen molar-refractivity contribution < 1.29 is 14.7 Å². The zero-order valence-electron chi connectivity index (χ0n) is 9.98. The zero-order chi connectivity index (χ0) is 13.0. The maximum atomic E-state index is 11.6. The van der Waals surface area contributed by atoms with E-state index in [9.17, 15) is 14.7 Å². The summed E-state index contributed by atoms with van der Waals surface area (Å²) in [6.07, 6.45) is 2.22. The van der Waals surface area contributed by atoms with Crippen LogP contribution in [0.2, 0.25) is 0 Å². The molecule has 5 nitrogen and oxygen atoms in total. The number of carbonyl (C=O) groups excluding carboxylic acids is 2. The van der Waals surface area contributed by atoms with Gasteiger partial charge in [-0.1, -0.05) is 12.1 Å². The van der Waals surface area contributed by atoms with Crippen molar-refractivity contribution in [1.29, 1.82) is 0 Å². The molecule has 0 unspecified atom stereocenters. The van der Waals surface area contributed by atoms with Gasteiger partial charge in [0.15, 0.2) is 0 Å². The van der Waals surface area contributed by atoms with Crippen LogP contribution >= 0.6 is 0 Å². The fourth-order valence-electron chi connectivity index (χ4n) is 1.60. The van der Waals surface area contributed by atoms with E-state index in [1.54, 1.807) is 18.2 Å². The minimum absolute atomic E-state index is 0.00808. The maximum absolute atomic E-state index is 11.6. The summed E-state index contributed by atoms with van der Waals surface area (Å²) in [6, 6.07) is 6.82. The lowest BCUT2D eigenvalue weighted by molar-refractivity contribution is -0.125. The Balaban J connectivity index is 1.72. The summed E-state index contributed by atoms with van der Waals surface area (Å²) >= 11 is 0. The number of amides is 2. The van der Waals surface area contributed by atoms with E-state index in [1.165, 1.54) is 6.07 Å². The summed E-state index contributed by atoms with van der Waals surface area (Å²) in [4.78, 5) is 22.9. The van der Waals surface area contributed by atoms with Crippen molar-refractivity contribution in [2.75, 3.05) is 6.54 Å². The first kappa shape index (κ1) is 12.4. The highest BCUT2D eigenvalue weighted by atomic mass is 16.3. The van der Waals surface area contributed by atoms with Crippen LogP contribution in [-0.2, 0) is 16.0 Å². The van der Waals surface area contributed by atoms with Crippen LogP contribution in [0, 0.1) is 0 Å². The van der Waals surface area contributed by atoms with Gasteiger partial charge in [0.1, 0.15) is 5.75 Å². The Morgan fingerprint density at radius 1 is 1.28 bits per heavy atom.